The first-order chi connectivity index (χ1) is 18.8. The number of carbonyl (C=O) groups is 4. The predicted octanol–water partition coefficient (Wildman–Crippen LogP) is 5.63. The summed E-state index contributed by atoms with van der Waals surface area (Å²) in [4.78, 5) is 48.3. The summed E-state index contributed by atoms with van der Waals surface area (Å²) in [5, 5.41) is 12.6. The van der Waals surface area contributed by atoms with E-state index in [4.69, 9.17) is 28.4 Å². The van der Waals surface area contributed by atoms with Crippen LogP contribution in [0.3, 0.4) is 0 Å². The van der Waals surface area contributed by atoms with Crippen LogP contribution in [0.15, 0.2) is 18.2 Å². The van der Waals surface area contributed by atoms with Crippen LogP contribution in [0.1, 0.15) is 79.7 Å². The molecule has 1 rings (SSSR count). The van der Waals surface area contributed by atoms with Gasteiger partial charge in [0.2, 0.25) is 0 Å². The summed E-state index contributed by atoms with van der Waals surface area (Å²) in [6.07, 6.45) is -1.75. The molecule has 4 atom stereocenters. The molecule has 0 aliphatic heterocycles. The molecule has 12 nitrogen and oxygen atoms in total. The van der Waals surface area contributed by atoms with E-state index in [1.54, 1.807) is 34.6 Å². The molecule has 0 radical (unpaired) electrons. The smallest absolute Gasteiger partial charge is 0.480 e. The predicted molar refractivity (Wildman–Crippen MR) is 145 cm³/mol. The van der Waals surface area contributed by atoms with Crippen LogP contribution in [-0.4, -0.2) is 66.5 Å². The molecule has 0 bridgehead atoms. The number of carbonyl (C=O) groups excluding carboxylic acids is 3. The van der Waals surface area contributed by atoms with Crippen LogP contribution in [0, 0.1) is 0 Å². The SMILES string of the molecule is CCCC(C)OC(=O)Oc1ccc(C[C@H](NCC(C)OC(=O)OC(C)C)C(=O)O)cc1OC(=O)OC(C)CCC. The van der Waals surface area contributed by atoms with Gasteiger partial charge in [-0.1, -0.05) is 32.8 Å². The lowest BCUT2D eigenvalue weighted by atomic mass is 10.0. The molecule has 0 saturated heterocycles. The van der Waals surface area contributed by atoms with Crippen molar-refractivity contribution in [2.24, 2.45) is 0 Å². The molecule has 3 unspecified atom stereocenters. The van der Waals surface area contributed by atoms with Crippen LogP contribution >= 0.6 is 0 Å². The summed E-state index contributed by atoms with van der Waals surface area (Å²) in [5.74, 6) is -1.38. The van der Waals surface area contributed by atoms with Gasteiger partial charge in [-0.05, 0) is 71.6 Å². The minimum Gasteiger partial charge on any atom is -0.480 e. The second-order valence-corrected chi connectivity index (χ2v) is 9.77. The summed E-state index contributed by atoms with van der Waals surface area (Å²) in [6.45, 7) is 12.4. The summed E-state index contributed by atoms with van der Waals surface area (Å²) >= 11 is 0. The van der Waals surface area contributed by atoms with Crippen molar-refractivity contribution in [1.29, 1.82) is 0 Å². The van der Waals surface area contributed by atoms with E-state index >= 15 is 0 Å². The second kappa shape index (κ2) is 17.9. The van der Waals surface area contributed by atoms with E-state index in [2.05, 4.69) is 5.32 Å². The minimum absolute atomic E-state index is 0.0333. The molecule has 226 valence electrons. The summed E-state index contributed by atoms with van der Waals surface area (Å²) < 4.78 is 31.1. The van der Waals surface area contributed by atoms with Gasteiger partial charge in [-0.25, -0.2) is 14.4 Å². The fourth-order valence-electron chi connectivity index (χ4n) is 3.55. The minimum atomic E-state index is -1.15. The van der Waals surface area contributed by atoms with E-state index in [-0.39, 0.29) is 36.7 Å². The third-order valence-corrected chi connectivity index (χ3v) is 5.40. The molecule has 1 aromatic rings. The first kappa shape index (κ1) is 34.5. The van der Waals surface area contributed by atoms with Gasteiger partial charge in [0.25, 0.3) is 0 Å². The molecule has 0 saturated carbocycles. The highest BCUT2D eigenvalue weighted by atomic mass is 16.8. The number of hydrogen-bond acceptors (Lipinski definition) is 11. The summed E-state index contributed by atoms with van der Waals surface area (Å²) in [5.41, 5.74) is 0.456. The zero-order valence-corrected chi connectivity index (χ0v) is 24.4. The standard InChI is InChI=1S/C28H43NO11/c1-8-10-18(5)36-27(33)39-23-13-12-21(15-24(23)40-28(34)37-19(6)11-9-2)14-22(25(30)31)29-16-20(7)38-26(32)35-17(3)4/h12-13,15,17-20,22,29H,8-11,14,16H2,1-7H3,(H,30,31)/t18?,19?,20?,22-/m0/s1. The Balaban J connectivity index is 3.03. The van der Waals surface area contributed by atoms with Gasteiger partial charge in [0.15, 0.2) is 11.5 Å². The van der Waals surface area contributed by atoms with Crippen molar-refractivity contribution in [3.05, 3.63) is 23.8 Å². The third-order valence-electron chi connectivity index (χ3n) is 5.40. The lowest BCUT2D eigenvalue weighted by Crippen LogP contribution is -2.42. The van der Waals surface area contributed by atoms with Crippen LogP contribution in [0.4, 0.5) is 14.4 Å². The number of aliphatic carboxylic acids is 1. The average Bonchev–Trinajstić information content (AvgIpc) is 2.82. The van der Waals surface area contributed by atoms with Crippen molar-refractivity contribution in [3.63, 3.8) is 0 Å². The zero-order valence-electron chi connectivity index (χ0n) is 24.4. The molecule has 40 heavy (non-hydrogen) atoms. The second-order valence-electron chi connectivity index (χ2n) is 9.77. The monoisotopic (exact) mass is 569 g/mol. The maximum absolute atomic E-state index is 12.4. The maximum Gasteiger partial charge on any atom is 0.514 e. The molecule has 0 fully saturated rings. The van der Waals surface area contributed by atoms with Crippen LogP contribution in [0.5, 0.6) is 11.5 Å². The van der Waals surface area contributed by atoms with Crippen molar-refractivity contribution >= 4 is 24.4 Å². The van der Waals surface area contributed by atoms with Crippen LogP contribution < -0.4 is 14.8 Å². The van der Waals surface area contributed by atoms with Gasteiger partial charge in [0.1, 0.15) is 24.4 Å². The van der Waals surface area contributed by atoms with Crippen molar-refractivity contribution in [1.82, 2.24) is 5.32 Å². The van der Waals surface area contributed by atoms with E-state index in [9.17, 15) is 24.3 Å². The lowest BCUT2D eigenvalue weighted by Gasteiger charge is -2.20. The van der Waals surface area contributed by atoms with E-state index < -0.39 is 42.7 Å². The van der Waals surface area contributed by atoms with Gasteiger partial charge in [0.05, 0.1) is 6.10 Å². The van der Waals surface area contributed by atoms with Gasteiger partial charge in [-0.15, -0.1) is 0 Å². The highest BCUT2D eigenvalue weighted by Crippen LogP contribution is 2.30. The lowest BCUT2D eigenvalue weighted by molar-refractivity contribution is -0.139. The number of carboxylic acids is 1. The Bertz CT molecular complexity index is 966. The highest BCUT2D eigenvalue weighted by Gasteiger charge is 2.23. The van der Waals surface area contributed by atoms with Crippen LogP contribution in [0.2, 0.25) is 0 Å². The molecular weight excluding hydrogens is 526 g/mol. The van der Waals surface area contributed by atoms with E-state index in [0.29, 0.717) is 18.4 Å². The highest BCUT2D eigenvalue weighted by molar-refractivity contribution is 5.74. The van der Waals surface area contributed by atoms with E-state index in [0.717, 1.165) is 12.8 Å². The summed E-state index contributed by atoms with van der Waals surface area (Å²) in [6, 6.07) is 3.23. The Morgan fingerprint density at radius 2 is 1.27 bits per heavy atom. The molecule has 0 heterocycles. The molecule has 0 aliphatic carbocycles. The van der Waals surface area contributed by atoms with Gasteiger partial charge in [-0.2, -0.15) is 0 Å². The van der Waals surface area contributed by atoms with Crippen LogP contribution in [-0.2, 0) is 30.2 Å². The Labute approximate surface area is 235 Å². The Kier molecular flexibility index (Phi) is 15.5. The number of benzene rings is 1. The Morgan fingerprint density at radius 1 is 0.750 bits per heavy atom. The Hall–Kier alpha value is -3.54. The molecule has 2 N–H and O–H groups in total. The number of rotatable bonds is 16. The van der Waals surface area contributed by atoms with Crippen molar-refractivity contribution in [2.45, 2.75) is 111 Å². The fourth-order valence-corrected chi connectivity index (χ4v) is 3.55. The molecule has 0 aromatic heterocycles. The maximum atomic E-state index is 12.4. The topological polar surface area (TPSA) is 156 Å². The van der Waals surface area contributed by atoms with Gasteiger partial charge in [0, 0.05) is 6.54 Å². The van der Waals surface area contributed by atoms with Crippen molar-refractivity contribution < 1.29 is 52.7 Å². The molecular formula is C28H43NO11. The first-order valence-electron chi connectivity index (χ1n) is 13.6. The number of nitrogens with one attached hydrogen (secondary N) is 1. The molecule has 0 amide bonds. The van der Waals surface area contributed by atoms with E-state index in [1.165, 1.54) is 18.2 Å². The van der Waals surface area contributed by atoms with Crippen LogP contribution in [0.25, 0.3) is 0 Å². The molecule has 12 heteroatoms. The van der Waals surface area contributed by atoms with E-state index in [1.807, 2.05) is 13.8 Å². The largest absolute Gasteiger partial charge is 0.514 e. The Morgan fingerprint density at radius 3 is 1.77 bits per heavy atom. The normalized spacial score (nSPS) is 13.9. The average molecular weight is 570 g/mol. The molecule has 0 spiro atoms. The van der Waals surface area contributed by atoms with Gasteiger partial charge >= 0.3 is 24.4 Å². The molecule has 0 aliphatic rings. The van der Waals surface area contributed by atoms with Crippen molar-refractivity contribution in [2.75, 3.05) is 6.54 Å². The number of ether oxygens (including phenoxy) is 6. The molecule has 1 aromatic carbocycles. The van der Waals surface area contributed by atoms with Gasteiger partial charge in [-0.3, -0.25) is 4.79 Å². The quantitative estimate of drug-likeness (QED) is 0.144. The van der Waals surface area contributed by atoms with Crippen molar-refractivity contribution in [3.8, 4) is 11.5 Å². The fraction of sp³-hybridized carbons (Fsp3) is 0.643. The first-order valence-corrected chi connectivity index (χ1v) is 13.6. The summed E-state index contributed by atoms with van der Waals surface area (Å²) in [7, 11) is 0. The third kappa shape index (κ3) is 14.0. The zero-order chi connectivity index (χ0) is 30.2. The van der Waals surface area contributed by atoms with Gasteiger partial charge < -0.3 is 38.8 Å². The number of carboxylic acid groups (broad SMARTS) is 1. The number of hydrogen-bond donors (Lipinski definition) is 2.